The van der Waals surface area contributed by atoms with Crippen molar-refractivity contribution < 1.29 is 9.53 Å². The average Bonchev–Trinajstić information content (AvgIpc) is 2.81. The third-order valence-electron chi connectivity index (χ3n) is 5.61. The first kappa shape index (κ1) is 20.8. The molecule has 1 saturated carbocycles. The number of anilines is 2. The van der Waals surface area contributed by atoms with Gasteiger partial charge in [0.15, 0.2) is 0 Å². The zero-order valence-corrected chi connectivity index (χ0v) is 17.5. The van der Waals surface area contributed by atoms with Crippen molar-refractivity contribution in [3.05, 3.63) is 66.5 Å². The number of benzene rings is 2. The van der Waals surface area contributed by atoms with E-state index in [0.717, 1.165) is 48.4 Å². The average molecular weight is 418 g/mol. The smallest absolute Gasteiger partial charge is 0.251 e. The van der Waals surface area contributed by atoms with Gasteiger partial charge in [0, 0.05) is 35.0 Å². The predicted octanol–water partition coefficient (Wildman–Crippen LogP) is 3.90. The van der Waals surface area contributed by atoms with Gasteiger partial charge in [-0.1, -0.05) is 12.8 Å². The van der Waals surface area contributed by atoms with Gasteiger partial charge in [-0.3, -0.25) is 4.79 Å². The molecule has 1 aromatic heterocycles. The summed E-state index contributed by atoms with van der Waals surface area (Å²) in [4.78, 5) is 21.2. The van der Waals surface area contributed by atoms with Gasteiger partial charge in [0.1, 0.15) is 17.9 Å². The number of hydrogen-bond acceptors (Lipinski definition) is 6. The van der Waals surface area contributed by atoms with E-state index in [4.69, 9.17) is 10.5 Å². The van der Waals surface area contributed by atoms with E-state index in [1.807, 2.05) is 42.5 Å². The summed E-state index contributed by atoms with van der Waals surface area (Å²) in [5.74, 6) is 1.38. The van der Waals surface area contributed by atoms with Crippen LogP contribution in [0.25, 0.3) is 11.3 Å². The molecule has 7 nitrogen and oxygen atoms in total. The van der Waals surface area contributed by atoms with Crippen LogP contribution in [0.15, 0.2) is 60.9 Å². The van der Waals surface area contributed by atoms with Crippen LogP contribution in [-0.2, 0) is 0 Å². The second-order valence-electron chi connectivity index (χ2n) is 7.75. The summed E-state index contributed by atoms with van der Waals surface area (Å²) in [6, 6.07) is 17.0. The molecule has 1 fully saturated rings. The van der Waals surface area contributed by atoms with Crippen LogP contribution in [0.2, 0.25) is 0 Å². The fraction of sp³-hybridized carbons (Fsp3) is 0.292. The standard InChI is InChI=1S/C24H27N5O2/c1-31-19-12-8-16(9-13-19)22-14-23(27-15-26-22)28-18-10-6-17(7-11-18)24(30)29-21-5-3-2-4-20(21)25/h6-15,20-21H,2-5,25H2,1H3,(H,29,30)(H,26,27,28). The Kier molecular flexibility index (Phi) is 6.43. The minimum absolute atomic E-state index is 0.0382. The van der Waals surface area contributed by atoms with Crippen molar-refractivity contribution in [3.63, 3.8) is 0 Å². The van der Waals surface area contributed by atoms with E-state index < -0.39 is 0 Å². The van der Waals surface area contributed by atoms with E-state index in [2.05, 4.69) is 20.6 Å². The first-order chi connectivity index (χ1) is 15.1. The number of aromatic nitrogens is 2. The molecule has 1 aliphatic rings. The third kappa shape index (κ3) is 5.19. The molecule has 160 valence electrons. The fourth-order valence-electron chi connectivity index (χ4n) is 3.79. The highest BCUT2D eigenvalue weighted by Crippen LogP contribution is 2.23. The highest BCUT2D eigenvalue weighted by molar-refractivity contribution is 5.94. The van der Waals surface area contributed by atoms with Gasteiger partial charge in [-0.25, -0.2) is 9.97 Å². The number of nitrogens with two attached hydrogens (primary N) is 1. The van der Waals surface area contributed by atoms with Gasteiger partial charge in [-0.15, -0.1) is 0 Å². The molecule has 0 aliphatic heterocycles. The number of carbonyl (C=O) groups excluding carboxylic acids is 1. The molecule has 1 aliphatic carbocycles. The van der Waals surface area contributed by atoms with E-state index in [1.165, 1.54) is 6.33 Å². The predicted molar refractivity (Wildman–Crippen MR) is 121 cm³/mol. The van der Waals surface area contributed by atoms with Gasteiger partial charge < -0.3 is 21.1 Å². The van der Waals surface area contributed by atoms with Crippen LogP contribution in [0.4, 0.5) is 11.5 Å². The van der Waals surface area contributed by atoms with Crippen LogP contribution in [-0.4, -0.2) is 35.1 Å². The van der Waals surface area contributed by atoms with Crippen LogP contribution < -0.4 is 21.1 Å². The topological polar surface area (TPSA) is 102 Å². The van der Waals surface area contributed by atoms with Crippen molar-refractivity contribution in [2.24, 2.45) is 5.73 Å². The van der Waals surface area contributed by atoms with Gasteiger partial charge in [0.2, 0.25) is 0 Å². The molecule has 0 spiro atoms. The lowest BCUT2D eigenvalue weighted by molar-refractivity contribution is 0.0921. The molecule has 0 radical (unpaired) electrons. The summed E-state index contributed by atoms with van der Waals surface area (Å²) in [6.45, 7) is 0. The number of hydrogen-bond donors (Lipinski definition) is 3. The first-order valence-electron chi connectivity index (χ1n) is 10.5. The minimum atomic E-state index is -0.0854. The summed E-state index contributed by atoms with van der Waals surface area (Å²) in [7, 11) is 1.64. The molecule has 1 amide bonds. The molecule has 2 unspecified atom stereocenters. The Morgan fingerprint density at radius 2 is 1.77 bits per heavy atom. The van der Waals surface area contributed by atoms with Crippen molar-refractivity contribution in [1.82, 2.24) is 15.3 Å². The summed E-state index contributed by atoms with van der Waals surface area (Å²) in [5, 5.41) is 6.34. The van der Waals surface area contributed by atoms with E-state index in [0.29, 0.717) is 11.4 Å². The zero-order valence-electron chi connectivity index (χ0n) is 17.5. The number of amides is 1. The lowest BCUT2D eigenvalue weighted by Gasteiger charge is -2.29. The third-order valence-corrected chi connectivity index (χ3v) is 5.61. The largest absolute Gasteiger partial charge is 0.497 e. The molecule has 0 bridgehead atoms. The maximum atomic E-state index is 12.6. The van der Waals surface area contributed by atoms with E-state index in [1.54, 1.807) is 19.2 Å². The zero-order chi connectivity index (χ0) is 21.6. The van der Waals surface area contributed by atoms with Gasteiger partial charge in [-0.05, 0) is 61.4 Å². The number of nitrogens with zero attached hydrogens (tertiary/aromatic N) is 2. The van der Waals surface area contributed by atoms with Crippen LogP contribution in [0.1, 0.15) is 36.0 Å². The molecular weight excluding hydrogens is 390 g/mol. The van der Waals surface area contributed by atoms with E-state index in [9.17, 15) is 4.79 Å². The van der Waals surface area contributed by atoms with Crippen LogP contribution >= 0.6 is 0 Å². The summed E-state index contributed by atoms with van der Waals surface area (Å²) in [6.07, 6.45) is 5.68. The summed E-state index contributed by atoms with van der Waals surface area (Å²) in [5.41, 5.74) is 9.37. The Morgan fingerprint density at radius 3 is 2.48 bits per heavy atom. The molecule has 31 heavy (non-hydrogen) atoms. The van der Waals surface area contributed by atoms with Crippen LogP contribution in [0, 0.1) is 0 Å². The Morgan fingerprint density at radius 1 is 1.03 bits per heavy atom. The Labute approximate surface area is 182 Å². The van der Waals surface area contributed by atoms with Gasteiger partial charge in [-0.2, -0.15) is 0 Å². The monoisotopic (exact) mass is 417 g/mol. The second kappa shape index (κ2) is 9.57. The van der Waals surface area contributed by atoms with Gasteiger partial charge >= 0.3 is 0 Å². The molecule has 2 aromatic carbocycles. The van der Waals surface area contributed by atoms with E-state index in [-0.39, 0.29) is 18.0 Å². The second-order valence-corrected chi connectivity index (χ2v) is 7.75. The SMILES string of the molecule is COc1ccc(-c2cc(Nc3ccc(C(=O)NC4CCCCC4N)cc3)ncn2)cc1. The molecule has 2 atom stereocenters. The highest BCUT2D eigenvalue weighted by atomic mass is 16.5. The molecular formula is C24H27N5O2. The summed E-state index contributed by atoms with van der Waals surface area (Å²) >= 11 is 0. The molecule has 7 heteroatoms. The van der Waals surface area contributed by atoms with Gasteiger partial charge in [0.25, 0.3) is 5.91 Å². The number of methoxy groups -OCH3 is 1. The van der Waals surface area contributed by atoms with Crippen molar-refractivity contribution in [3.8, 4) is 17.0 Å². The molecule has 0 saturated heterocycles. The highest BCUT2D eigenvalue weighted by Gasteiger charge is 2.23. The van der Waals surface area contributed by atoms with Crippen molar-refractivity contribution in [2.75, 3.05) is 12.4 Å². The minimum Gasteiger partial charge on any atom is -0.497 e. The normalized spacial score (nSPS) is 18.3. The molecule has 4 N–H and O–H groups in total. The van der Waals surface area contributed by atoms with Crippen LogP contribution in [0.3, 0.4) is 0 Å². The van der Waals surface area contributed by atoms with E-state index >= 15 is 0 Å². The number of carbonyl (C=O) groups is 1. The molecule has 1 heterocycles. The Hall–Kier alpha value is -3.45. The fourth-order valence-corrected chi connectivity index (χ4v) is 3.79. The van der Waals surface area contributed by atoms with Gasteiger partial charge in [0.05, 0.1) is 12.8 Å². The number of rotatable bonds is 6. The van der Waals surface area contributed by atoms with Crippen molar-refractivity contribution in [2.45, 2.75) is 37.8 Å². The quantitative estimate of drug-likeness (QED) is 0.562. The number of nitrogens with one attached hydrogen (secondary N) is 2. The van der Waals surface area contributed by atoms with Crippen LogP contribution in [0.5, 0.6) is 5.75 Å². The summed E-state index contributed by atoms with van der Waals surface area (Å²) < 4.78 is 5.20. The Bertz CT molecular complexity index is 1020. The van der Waals surface area contributed by atoms with Crippen molar-refractivity contribution >= 4 is 17.4 Å². The molecule has 3 aromatic rings. The maximum Gasteiger partial charge on any atom is 0.251 e. The van der Waals surface area contributed by atoms with Crippen molar-refractivity contribution in [1.29, 1.82) is 0 Å². The maximum absolute atomic E-state index is 12.6. The molecule has 4 rings (SSSR count). The first-order valence-corrected chi connectivity index (χ1v) is 10.5. The Balaban J connectivity index is 1.41. The lowest BCUT2D eigenvalue weighted by atomic mass is 9.91. The number of ether oxygens (including phenoxy) is 1. The lowest BCUT2D eigenvalue weighted by Crippen LogP contribution is -2.49.